The van der Waals surface area contributed by atoms with Gasteiger partial charge in [-0.3, -0.25) is 0 Å². The molecule has 0 atom stereocenters. The van der Waals surface area contributed by atoms with Crippen LogP contribution in [0.1, 0.15) is 72.2 Å². The molecule has 0 fully saturated rings. The van der Waals surface area contributed by atoms with Crippen LogP contribution in [0.3, 0.4) is 0 Å². The maximum atomic E-state index is 2.53. The molecule has 3 aliphatic carbocycles. The molecule has 3 aliphatic rings. The fourth-order valence-corrected chi connectivity index (χ4v) is 12.1. The van der Waals surface area contributed by atoms with Gasteiger partial charge < -0.3 is 0 Å². The van der Waals surface area contributed by atoms with Crippen molar-refractivity contribution in [1.29, 1.82) is 0 Å². The predicted octanol–water partition coefficient (Wildman–Crippen LogP) is 16.3. The minimum Gasteiger partial charge on any atom is -0.0619 e. The second-order valence-corrected chi connectivity index (χ2v) is 19.3. The molecular formula is C63H46. The molecule has 10 aromatic carbocycles. The second kappa shape index (κ2) is 12.9. The molecule has 298 valence electrons. The van der Waals surface area contributed by atoms with E-state index in [1.54, 1.807) is 0 Å². The summed E-state index contributed by atoms with van der Waals surface area (Å²) in [6, 6.07) is 78.9. The van der Waals surface area contributed by atoms with E-state index in [0.29, 0.717) is 0 Å². The molecule has 0 heterocycles. The predicted molar refractivity (Wildman–Crippen MR) is 265 cm³/mol. The monoisotopic (exact) mass is 802 g/mol. The summed E-state index contributed by atoms with van der Waals surface area (Å²) in [5, 5.41) is 5.00. The lowest BCUT2D eigenvalue weighted by Gasteiger charge is -2.35. The molecule has 13 rings (SSSR count). The first-order valence-electron chi connectivity index (χ1n) is 22.5. The van der Waals surface area contributed by atoms with Gasteiger partial charge in [-0.15, -0.1) is 0 Å². The molecule has 0 radical (unpaired) electrons. The van der Waals surface area contributed by atoms with Crippen LogP contribution in [0.2, 0.25) is 0 Å². The van der Waals surface area contributed by atoms with Crippen molar-refractivity contribution in [3.63, 3.8) is 0 Å². The van der Waals surface area contributed by atoms with E-state index in [1.165, 1.54) is 122 Å². The summed E-state index contributed by atoms with van der Waals surface area (Å²) in [5.74, 6) is 0. The quantitative estimate of drug-likeness (QED) is 0.166. The molecule has 0 spiro atoms. The van der Waals surface area contributed by atoms with Gasteiger partial charge in [0.05, 0.1) is 5.41 Å². The summed E-state index contributed by atoms with van der Waals surface area (Å²) in [4.78, 5) is 0. The highest BCUT2D eigenvalue weighted by atomic mass is 14.5. The summed E-state index contributed by atoms with van der Waals surface area (Å²) in [6.45, 7) is 9.51. The van der Waals surface area contributed by atoms with Gasteiger partial charge in [0, 0.05) is 10.8 Å². The lowest BCUT2D eigenvalue weighted by Crippen LogP contribution is -2.28. The zero-order chi connectivity index (χ0) is 42.2. The first-order chi connectivity index (χ1) is 30.7. The topological polar surface area (TPSA) is 0 Å². The van der Waals surface area contributed by atoms with Crippen LogP contribution in [0.5, 0.6) is 0 Å². The van der Waals surface area contributed by atoms with Crippen molar-refractivity contribution in [3.8, 4) is 55.6 Å². The van der Waals surface area contributed by atoms with Crippen LogP contribution in [-0.2, 0) is 16.2 Å². The highest BCUT2D eigenvalue weighted by Gasteiger charge is 2.47. The Morgan fingerprint density at radius 2 is 0.556 bits per heavy atom. The van der Waals surface area contributed by atoms with Crippen molar-refractivity contribution in [2.45, 2.75) is 43.9 Å². The Morgan fingerprint density at radius 3 is 0.968 bits per heavy atom. The fourth-order valence-electron chi connectivity index (χ4n) is 12.1. The molecule has 0 saturated heterocycles. The zero-order valence-electron chi connectivity index (χ0n) is 36.1. The summed E-state index contributed by atoms with van der Waals surface area (Å²) < 4.78 is 0. The number of hydrogen-bond donors (Lipinski definition) is 0. The Kier molecular flexibility index (Phi) is 7.44. The van der Waals surface area contributed by atoms with Gasteiger partial charge in [0.1, 0.15) is 0 Å². The van der Waals surface area contributed by atoms with E-state index in [-0.39, 0.29) is 10.8 Å². The van der Waals surface area contributed by atoms with E-state index >= 15 is 0 Å². The number of fused-ring (bicyclic) bond motifs is 11. The van der Waals surface area contributed by atoms with Gasteiger partial charge in [-0.25, -0.2) is 0 Å². The van der Waals surface area contributed by atoms with Crippen LogP contribution in [0, 0.1) is 0 Å². The van der Waals surface area contributed by atoms with E-state index in [4.69, 9.17) is 0 Å². The molecule has 0 unspecified atom stereocenters. The molecule has 0 bridgehead atoms. The van der Waals surface area contributed by atoms with Crippen molar-refractivity contribution >= 4 is 21.5 Å². The van der Waals surface area contributed by atoms with Crippen LogP contribution < -0.4 is 0 Å². The Balaban J connectivity index is 1.07. The third-order valence-electron chi connectivity index (χ3n) is 15.3. The normalized spacial score (nSPS) is 15.4. The smallest absolute Gasteiger partial charge is 0.0619 e. The van der Waals surface area contributed by atoms with Crippen LogP contribution in [0.4, 0.5) is 0 Å². The number of hydrogen-bond acceptors (Lipinski definition) is 0. The van der Waals surface area contributed by atoms with E-state index in [9.17, 15) is 0 Å². The molecule has 0 aliphatic heterocycles. The van der Waals surface area contributed by atoms with Gasteiger partial charge in [0.2, 0.25) is 0 Å². The fraction of sp³-hybridized carbons (Fsp3) is 0.111. The van der Waals surface area contributed by atoms with E-state index < -0.39 is 5.41 Å². The lowest BCUT2D eigenvalue weighted by molar-refractivity contribution is 0.660. The first kappa shape index (κ1) is 36.4. The summed E-state index contributed by atoms with van der Waals surface area (Å²) in [6.07, 6.45) is 0. The van der Waals surface area contributed by atoms with Crippen LogP contribution in [0.15, 0.2) is 206 Å². The van der Waals surface area contributed by atoms with Gasteiger partial charge >= 0.3 is 0 Å². The molecular weight excluding hydrogens is 757 g/mol. The molecule has 0 amide bonds. The average Bonchev–Trinajstić information content (AvgIpc) is 3.85. The highest BCUT2D eigenvalue weighted by Crippen LogP contribution is 2.59. The summed E-state index contributed by atoms with van der Waals surface area (Å²) in [5.41, 5.74) is 23.0. The molecule has 0 N–H and O–H groups in total. The van der Waals surface area contributed by atoms with Crippen LogP contribution in [-0.4, -0.2) is 0 Å². The molecule has 10 aromatic rings. The Bertz CT molecular complexity index is 3340. The molecule has 63 heavy (non-hydrogen) atoms. The Hall–Kier alpha value is -7.28. The highest BCUT2D eigenvalue weighted by molar-refractivity contribution is 5.95. The van der Waals surface area contributed by atoms with Crippen LogP contribution >= 0.6 is 0 Å². The van der Waals surface area contributed by atoms with E-state index in [1.807, 2.05) is 0 Å². The molecule has 0 heteroatoms. The third-order valence-corrected chi connectivity index (χ3v) is 15.3. The van der Waals surface area contributed by atoms with Crippen molar-refractivity contribution in [3.05, 3.63) is 251 Å². The standard InChI is InChI=1S/C63H46/c1-61(2)55-19-11-9-17-49(55)51-29-23-43(35-57(51)61)45-25-31-53-54-32-26-46(44-24-30-52-50-18-10-12-20-56(50)62(3,4)58(52)36-44)38-60(54)63(59(53)37-45,47-27-21-39-13-5-7-15-41(39)33-47)48-28-22-40-14-6-8-16-42(40)34-48/h5-38H,1-4H3. The molecule has 0 aromatic heterocycles. The molecule has 0 nitrogen and oxygen atoms in total. The summed E-state index contributed by atoms with van der Waals surface area (Å²) in [7, 11) is 0. The van der Waals surface area contributed by atoms with Crippen molar-refractivity contribution in [2.24, 2.45) is 0 Å². The molecule has 0 saturated carbocycles. The SMILES string of the molecule is CC1(C)c2ccccc2-c2ccc(-c3ccc4c(c3)C(c3ccc5ccccc5c3)(c3ccc5ccccc5c3)c3cc(-c5ccc6c(c5)C(C)(C)c5ccccc5-6)ccc3-4)cc21. The minimum absolute atomic E-state index is 0.0825. The minimum atomic E-state index is -0.608. The zero-order valence-corrected chi connectivity index (χ0v) is 36.1. The van der Waals surface area contributed by atoms with Gasteiger partial charge in [-0.05, 0) is 158 Å². The maximum Gasteiger partial charge on any atom is 0.0714 e. The van der Waals surface area contributed by atoms with Gasteiger partial charge in [0.25, 0.3) is 0 Å². The second-order valence-electron chi connectivity index (χ2n) is 19.3. The first-order valence-corrected chi connectivity index (χ1v) is 22.5. The Labute approximate surface area is 370 Å². The van der Waals surface area contributed by atoms with E-state index in [0.717, 1.165) is 0 Å². The summed E-state index contributed by atoms with van der Waals surface area (Å²) >= 11 is 0. The third kappa shape index (κ3) is 4.98. The largest absolute Gasteiger partial charge is 0.0714 e. The van der Waals surface area contributed by atoms with E-state index in [2.05, 4.69) is 234 Å². The van der Waals surface area contributed by atoms with Crippen LogP contribution in [0.25, 0.3) is 77.2 Å². The van der Waals surface area contributed by atoms with Crippen molar-refractivity contribution in [1.82, 2.24) is 0 Å². The number of rotatable bonds is 4. The van der Waals surface area contributed by atoms with Gasteiger partial charge in [-0.1, -0.05) is 198 Å². The van der Waals surface area contributed by atoms with Gasteiger partial charge in [-0.2, -0.15) is 0 Å². The average molecular weight is 803 g/mol. The van der Waals surface area contributed by atoms with Crippen molar-refractivity contribution in [2.75, 3.05) is 0 Å². The van der Waals surface area contributed by atoms with Gasteiger partial charge in [0.15, 0.2) is 0 Å². The maximum absolute atomic E-state index is 2.53. The lowest BCUT2D eigenvalue weighted by atomic mass is 9.66. The van der Waals surface area contributed by atoms with Crippen molar-refractivity contribution < 1.29 is 0 Å². The Morgan fingerprint density at radius 1 is 0.238 bits per heavy atom. The number of benzene rings is 10.